The molecule has 0 spiro atoms. The maximum absolute atomic E-state index is 5.13. The van der Waals surface area contributed by atoms with Gasteiger partial charge in [0.15, 0.2) is 0 Å². The van der Waals surface area contributed by atoms with Crippen LogP contribution in [0.25, 0.3) is 0 Å². The quantitative estimate of drug-likeness (QED) is 0.599. The lowest BCUT2D eigenvalue weighted by atomic mass is 9.64. The van der Waals surface area contributed by atoms with Gasteiger partial charge >= 0.3 is 0 Å². The Morgan fingerprint density at radius 1 is 1.17 bits per heavy atom. The Kier molecular flexibility index (Phi) is 5.98. The van der Waals surface area contributed by atoms with Crippen molar-refractivity contribution in [2.24, 2.45) is 16.3 Å². The van der Waals surface area contributed by atoms with Crippen LogP contribution in [0, 0.1) is 11.3 Å². The van der Waals surface area contributed by atoms with Gasteiger partial charge in [0.1, 0.15) is 0 Å². The van der Waals surface area contributed by atoms with Crippen LogP contribution in [-0.2, 0) is 6.42 Å². The van der Waals surface area contributed by atoms with Gasteiger partial charge in [-0.05, 0) is 36.8 Å². The Bertz CT molecular complexity index is 606. The highest BCUT2D eigenvalue weighted by Gasteiger charge is 2.41. The molecule has 0 N–H and O–H groups in total. The largest absolute Gasteiger partial charge is 0.257 e. The fourth-order valence-corrected chi connectivity index (χ4v) is 3.80. The molecule has 1 aliphatic rings. The van der Waals surface area contributed by atoms with E-state index in [1.165, 1.54) is 35.4 Å². The fraction of sp³-hybridized carbons (Fsp3) is 0.500. The molecule has 1 heteroatoms. The maximum atomic E-state index is 5.13. The molecule has 0 unspecified atom stereocenters. The van der Waals surface area contributed by atoms with Crippen LogP contribution in [0.15, 0.2) is 58.7 Å². The summed E-state index contributed by atoms with van der Waals surface area (Å²) in [6.07, 6.45) is 8.96. The number of hydrogen-bond acceptors (Lipinski definition) is 1. The van der Waals surface area contributed by atoms with Crippen LogP contribution in [0.5, 0.6) is 0 Å². The van der Waals surface area contributed by atoms with Crippen molar-refractivity contribution >= 4 is 5.71 Å². The van der Waals surface area contributed by atoms with Crippen molar-refractivity contribution in [3.05, 3.63) is 59.3 Å². The molecule has 0 amide bonds. The van der Waals surface area contributed by atoms with E-state index in [1.807, 2.05) is 0 Å². The normalized spacial score (nSPS) is 28.2. The number of rotatable bonds is 5. The molecule has 2 rings (SSSR count). The van der Waals surface area contributed by atoms with E-state index < -0.39 is 0 Å². The van der Waals surface area contributed by atoms with Crippen LogP contribution in [0.1, 0.15) is 59.4 Å². The Hall–Kier alpha value is -1.63. The lowest BCUT2D eigenvalue weighted by molar-refractivity contribution is 0.308. The summed E-state index contributed by atoms with van der Waals surface area (Å²) in [5, 5.41) is 0. The highest BCUT2D eigenvalue weighted by Crippen LogP contribution is 2.46. The summed E-state index contributed by atoms with van der Waals surface area (Å²) in [5.74, 6) is 0.518. The number of allylic oxidation sites excluding steroid dienone is 3. The summed E-state index contributed by atoms with van der Waals surface area (Å²) in [6.45, 7) is 11.4. The molecule has 1 heterocycles. The van der Waals surface area contributed by atoms with Crippen molar-refractivity contribution in [3.8, 4) is 0 Å². The van der Waals surface area contributed by atoms with E-state index in [2.05, 4.69) is 77.1 Å². The Labute approximate surface area is 142 Å². The minimum absolute atomic E-state index is 0.151. The van der Waals surface area contributed by atoms with Crippen LogP contribution in [0.2, 0.25) is 0 Å². The second-order valence-corrected chi connectivity index (χ2v) is 6.85. The number of hydrogen-bond donors (Lipinski definition) is 0. The number of aliphatic imine (C=N–C) groups is 1. The minimum atomic E-state index is 0.151. The van der Waals surface area contributed by atoms with Crippen molar-refractivity contribution in [2.75, 3.05) is 0 Å². The molecule has 0 aliphatic carbocycles. The molecule has 2 atom stereocenters. The first-order chi connectivity index (χ1) is 11.1. The molecule has 1 aromatic carbocycles. The van der Waals surface area contributed by atoms with Crippen molar-refractivity contribution in [2.45, 2.75) is 60.3 Å². The first kappa shape index (κ1) is 17.7. The van der Waals surface area contributed by atoms with E-state index in [1.54, 1.807) is 0 Å². The third-order valence-electron chi connectivity index (χ3n) is 5.31. The predicted molar refractivity (Wildman–Crippen MR) is 102 cm³/mol. The van der Waals surface area contributed by atoms with Gasteiger partial charge in [0.25, 0.3) is 0 Å². The molecule has 0 radical (unpaired) electrons. The van der Waals surface area contributed by atoms with Crippen LogP contribution >= 0.6 is 0 Å². The smallest absolute Gasteiger partial charge is 0.0618 e. The van der Waals surface area contributed by atoms with Crippen molar-refractivity contribution in [1.29, 1.82) is 0 Å². The average molecular weight is 309 g/mol. The summed E-state index contributed by atoms with van der Waals surface area (Å²) in [4.78, 5) is 5.13. The summed E-state index contributed by atoms with van der Waals surface area (Å²) < 4.78 is 0. The first-order valence-electron chi connectivity index (χ1n) is 9.05. The highest BCUT2D eigenvalue weighted by atomic mass is 14.8. The minimum Gasteiger partial charge on any atom is -0.257 e. The van der Waals surface area contributed by atoms with Gasteiger partial charge in [-0.2, -0.15) is 0 Å². The van der Waals surface area contributed by atoms with Crippen LogP contribution < -0.4 is 0 Å². The van der Waals surface area contributed by atoms with Gasteiger partial charge in [0.05, 0.1) is 5.70 Å². The van der Waals surface area contributed by atoms with E-state index >= 15 is 0 Å². The van der Waals surface area contributed by atoms with E-state index in [0.717, 1.165) is 12.8 Å². The van der Waals surface area contributed by atoms with Crippen molar-refractivity contribution < 1.29 is 0 Å². The first-order valence-corrected chi connectivity index (χ1v) is 9.05. The van der Waals surface area contributed by atoms with Gasteiger partial charge in [0, 0.05) is 17.5 Å². The molecule has 0 bridgehead atoms. The zero-order chi connectivity index (χ0) is 16.9. The molecule has 0 saturated heterocycles. The molecule has 23 heavy (non-hydrogen) atoms. The standard InChI is InChI=1S/C22H31N/c1-6-12-19-17(4)22(5,15-7-2)21(23-20(19)8-3)16-18-13-10-9-11-14-18/h8-14,17H,6-7,15-16H2,1-5H3/b19-12-,20-8+/t17-,22+/m0/s1. The molecular formula is C22H31N. The Morgan fingerprint density at radius 2 is 1.87 bits per heavy atom. The summed E-state index contributed by atoms with van der Waals surface area (Å²) in [7, 11) is 0. The van der Waals surface area contributed by atoms with Crippen molar-refractivity contribution in [3.63, 3.8) is 0 Å². The zero-order valence-corrected chi connectivity index (χ0v) is 15.4. The Morgan fingerprint density at radius 3 is 2.43 bits per heavy atom. The molecule has 1 aliphatic heterocycles. The van der Waals surface area contributed by atoms with E-state index in [0.29, 0.717) is 5.92 Å². The lowest BCUT2D eigenvalue weighted by Gasteiger charge is -2.42. The van der Waals surface area contributed by atoms with E-state index in [9.17, 15) is 0 Å². The third-order valence-corrected chi connectivity index (χ3v) is 5.31. The monoisotopic (exact) mass is 309 g/mol. The molecule has 0 saturated carbocycles. The van der Waals surface area contributed by atoms with Gasteiger partial charge in [-0.3, -0.25) is 4.99 Å². The molecule has 124 valence electrons. The second-order valence-electron chi connectivity index (χ2n) is 6.85. The SMILES string of the molecule is C/C=C1/N=C(Cc2ccccc2)[C@](C)(CCC)[C@@H](C)/C1=C/CC. The number of benzene rings is 1. The zero-order valence-electron chi connectivity index (χ0n) is 15.4. The summed E-state index contributed by atoms with van der Waals surface area (Å²) >= 11 is 0. The van der Waals surface area contributed by atoms with Crippen LogP contribution in [0.3, 0.4) is 0 Å². The maximum Gasteiger partial charge on any atom is 0.0618 e. The van der Waals surface area contributed by atoms with Crippen molar-refractivity contribution in [1.82, 2.24) is 0 Å². The highest BCUT2D eigenvalue weighted by molar-refractivity contribution is 5.94. The van der Waals surface area contributed by atoms with Gasteiger partial charge in [-0.25, -0.2) is 0 Å². The van der Waals surface area contributed by atoms with E-state index in [4.69, 9.17) is 4.99 Å². The van der Waals surface area contributed by atoms with E-state index in [-0.39, 0.29) is 5.41 Å². The Balaban J connectivity index is 2.49. The van der Waals surface area contributed by atoms with Gasteiger partial charge in [-0.1, -0.05) is 76.6 Å². The van der Waals surface area contributed by atoms with Crippen LogP contribution in [-0.4, -0.2) is 5.71 Å². The second kappa shape index (κ2) is 7.77. The summed E-state index contributed by atoms with van der Waals surface area (Å²) in [5.41, 5.74) is 5.47. The number of nitrogens with zero attached hydrogens (tertiary/aromatic N) is 1. The topological polar surface area (TPSA) is 12.4 Å². The molecule has 1 aromatic rings. The average Bonchev–Trinajstić information content (AvgIpc) is 2.56. The van der Waals surface area contributed by atoms with Gasteiger partial charge in [-0.15, -0.1) is 0 Å². The van der Waals surface area contributed by atoms with Gasteiger partial charge in [0.2, 0.25) is 0 Å². The molecule has 0 fully saturated rings. The summed E-state index contributed by atoms with van der Waals surface area (Å²) in [6, 6.07) is 10.8. The molecular weight excluding hydrogens is 278 g/mol. The van der Waals surface area contributed by atoms with Gasteiger partial charge < -0.3 is 0 Å². The predicted octanol–water partition coefficient (Wildman–Crippen LogP) is 6.37. The molecule has 1 nitrogen and oxygen atoms in total. The fourth-order valence-electron chi connectivity index (χ4n) is 3.80. The third kappa shape index (κ3) is 3.65. The molecule has 0 aromatic heterocycles. The van der Waals surface area contributed by atoms with Crippen LogP contribution in [0.4, 0.5) is 0 Å². The lowest BCUT2D eigenvalue weighted by Crippen LogP contribution is -2.40.